The Labute approximate surface area is 166 Å². The molecule has 4 nitrogen and oxygen atoms in total. The van der Waals surface area contributed by atoms with Crippen LogP contribution in [0.5, 0.6) is 23.0 Å². The fourth-order valence-electron chi connectivity index (χ4n) is 2.81. The molecule has 0 atom stereocenters. The van der Waals surface area contributed by atoms with E-state index in [1.165, 1.54) is 23.5 Å². The molecule has 0 bridgehead atoms. The third kappa shape index (κ3) is 4.58. The summed E-state index contributed by atoms with van der Waals surface area (Å²) >= 11 is 0. The van der Waals surface area contributed by atoms with Crippen LogP contribution in [0, 0.1) is 0 Å². The number of rotatable bonds is 7. The maximum absolute atomic E-state index is 11.7. The Morgan fingerprint density at radius 3 is 1.43 bits per heavy atom. The summed E-state index contributed by atoms with van der Waals surface area (Å²) in [6.07, 6.45) is 3.78. The normalized spacial score (nSPS) is 10.9. The number of benzene rings is 2. The average Bonchev–Trinajstić information content (AvgIpc) is 2.69. The number of aromatic nitrogens is 1. The number of nitrogens with zero attached hydrogens (tertiary/aromatic N) is 1. The molecule has 2 aromatic carbocycles. The third-order valence-electron chi connectivity index (χ3n) is 4.58. The number of carbonyl (C=O) groups is 1. The summed E-state index contributed by atoms with van der Waals surface area (Å²) in [5.41, 5.74) is 2.78. The molecule has 1 aromatic heterocycles. The average molecular weight is 375 g/mol. The van der Waals surface area contributed by atoms with Gasteiger partial charge in [-0.05, 0) is 47.2 Å². The van der Waals surface area contributed by atoms with Gasteiger partial charge in [-0.15, -0.1) is 0 Å². The predicted octanol–water partition coefficient (Wildman–Crippen LogP) is 6.73. The highest BCUT2D eigenvalue weighted by molar-refractivity contribution is 5.83. The quantitative estimate of drug-likeness (QED) is 0.430. The van der Waals surface area contributed by atoms with Crippen molar-refractivity contribution in [2.75, 3.05) is 0 Å². The van der Waals surface area contributed by atoms with Gasteiger partial charge in [-0.25, -0.2) is 0 Å². The summed E-state index contributed by atoms with van der Waals surface area (Å²) in [7, 11) is 0. The van der Waals surface area contributed by atoms with Gasteiger partial charge in [0.15, 0.2) is 17.8 Å². The lowest BCUT2D eigenvalue weighted by molar-refractivity contribution is 0.111. The molecule has 0 saturated carbocycles. The second-order valence-corrected chi connectivity index (χ2v) is 7.32. The molecule has 0 unspecified atom stereocenters. The first-order valence-corrected chi connectivity index (χ1v) is 9.46. The van der Waals surface area contributed by atoms with Crippen LogP contribution in [0.4, 0.5) is 0 Å². The molecular formula is C24H25NO3. The van der Waals surface area contributed by atoms with E-state index in [2.05, 4.69) is 32.7 Å². The number of hydrogen-bond donors (Lipinski definition) is 0. The molecule has 4 heteroatoms. The molecule has 3 rings (SSSR count). The summed E-state index contributed by atoms with van der Waals surface area (Å²) < 4.78 is 11.8. The van der Waals surface area contributed by atoms with Crippen molar-refractivity contribution in [3.05, 3.63) is 77.6 Å². The van der Waals surface area contributed by atoms with Crippen LogP contribution >= 0.6 is 0 Å². The van der Waals surface area contributed by atoms with Crippen LogP contribution in [0.1, 0.15) is 61.0 Å². The lowest BCUT2D eigenvalue weighted by Crippen LogP contribution is -1.97. The zero-order valence-corrected chi connectivity index (χ0v) is 16.7. The van der Waals surface area contributed by atoms with E-state index in [4.69, 9.17) is 9.47 Å². The van der Waals surface area contributed by atoms with E-state index in [9.17, 15) is 4.79 Å². The molecule has 0 saturated heterocycles. The smallest absolute Gasteiger partial charge is 0.159 e. The van der Waals surface area contributed by atoms with E-state index >= 15 is 0 Å². The summed E-state index contributed by atoms with van der Waals surface area (Å²) in [6.45, 7) is 8.55. The van der Waals surface area contributed by atoms with Crippen LogP contribution in [-0.2, 0) is 0 Å². The minimum absolute atomic E-state index is 0.330. The van der Waals surface area contributed by atoms with Gasteiger partial charge in [0.05, 0.1) is 12.4 Å². The Hall–Kier alpha value is -3.14. The Balaban J connectivity index is 1.83. The zero-order valence-electron chi connectivity index (χ0n) is 16.7. The molecule has 0 N–H and O–H groups in total. The molecule has 0 fully saturated rings. The van der Waals surface area contributed by atoms with Crippen molar-refractivity contribution in [1.82, 2.24) is 4.98 Å². The van der Waals surface area contributed by atoms with Crippen LogP contribution in [0.15, 0.2) is 60.9 Å². The summed E-state index contributed by atoms with van der Waals surface area (Å²) in [6, 6.07) is 15.6. The minimum atomic E-state index is 0.330. The molecule has 0 aliphatic carbocycles. The maximum atomic E-state index is 11.7. The summed E-state index contributed by atoms with van der Waals surface area (Å²) in [4.78, 5) is 15.9. The number of pyridine rings is 1. The molecule has 0 aliphatic heterocycles. The fraction of sp³-hybridized carbons (Fsp3) is 0.250. The predicted molar refractivity (Wildman–Crippen MR) is 111 cm³/mol. The van der Waals surface area contributed by atoms with E-state index in [-0.39, 0.29) is 0 Å². The molecule has 0 aliphatic rings. The lowest BCUT2D eigenvalue weighted by Gasteiger charge is -2.13. The maximum Gasteiger partial charge on any atom is 0.159 e. The standard InChI is InChI=1S/C24H25NO3/c1-16(2)18-5-9-20(10-6-18)27-23-13-25-14-24(22(23)15-26)28-21-11-7-19(8-12-21)17(3)4/h5-17H,1-4H3. The highest BCUT2D eigenvalue weighted by Crippen LogP contribution is 2.33. The second kappa shape index (κ2) is 8.70. The van der Waals surface area contributed by atoms with E-state index in [0.717, 1.165) is 6.29 Å². The van der Waals surface area contributed by atoms with Gasteiger partial charge in [0, 0.05) is 0 Å². The number of hydrogen-bond acceptors (Lipinski definition) is 4. The van der Waals surface area contributed by atoms with Gasteiger partial charge in [-0.3, -0.25) is 9.78 Å². The van der Waals surface area contributed by atoms with Crippen molar-refractivity contribution in [3.63, 3.8) is 0 Å². The van der Waals surface area contributed by atoms with Gasteiger partial charge in [-0.1, -0.05) is 52.0 Å². The van der Waals surface area contributed by atoms with Crippen LogP contribution in [0.25, 0.3) is 0 Å². The second-order valence-electron chi connectivity index (χ2n) is 7.32. The molecule has 0 spiro atoms. The fourth-order valence-corrected chi connectivity index (χ4v) is 2.81. The van der Waals surface area contributed by atoms with Crippen LogP contribution in [0.3, 0.4) is 0 Å². The molecule has 144 valence electrons. The molecule has 28 heavy (non-hydrogen) atoms. The topological polar surface area (TPSA) is 48.4 Å². The van der Waals surface area contributed by atoms with Crippen LogP contribution < -0.4 is 9.47 Å². The van der Waals surface area contributed by atoms with E-state index < -0.39 is 0 Å². The van der Waals surface area contributed by atoms with Gasteiger partial charge in [0.2, 0.25) is 0 Å². The zero-order chi connectivity index (χ0) is 20.1. The third-order valence-corrected chi connectivity index (χ3v) is 4.58. The van der Waals surface area contributed by atoms with Gasteiger partial charge in [-0.2, -0.15) is 0 Å². The van der Waals surface area contributed by atoms with E-state index in [0.29, 0.717) is 40.4 Å². The number of ether oxygens (including phenoxy) is 2. The van der Waals surface area contributed by atoms with Crippen LogP contribution in [-0.4, -0.2) is 11.3 Å². The van der Waals surface area contributed by atoms with Crippen LogP contribution in [0.2, 0.25) is 0 Å². The first-order valence-electron chi connectivity index (χ1n) is 9.46. The van der Waals surface area contributed by atoms with E-state index in [1.54, 1.807) is 0 Å². The number of carbonyl (C=O) groups excluding carboxylic acids is 1. The van der Waals surface area contributed by atoms with Crippen molar-refractivity contribution in [2.45, 2.75) is 39.5 Å². The van der Waals surface area contributed by atoms with Gasteiger partial charge in [0.1, 0.15) is 17.1 Å². The largest absolute Gasteiger partial charge is 0.455 e. The van der Waals surface area contributed by atoms with Crippen molar-refractivity contribution in [2.24, 2.45) is 0 Å². The Morgan fingerprint density at radius 2 is 1.11 bits per heavy atom. The molecule has 0 amide bonds. The SMILES string of the molecule is CC(C)c1ccc(Oc2cncc(Oc3ccc(C(C)C)cc3)c2C=O)cc1. The lowest BCUT2D eigenvalue weighted by atomic mass is 10.0. The number of aldehydes is 1. The Kier molecular flexibility index (Phi) is 6.09. The van der Waals surface area contributed by atoms with Crippen molar-refractivity contribution in [1.29, 1.82) is 0 Å². The van der Waals surface area contributed by atoms with Gasteiger partial charge < -0.3 is 9.47 Å². The van der Waals surface area contributed by atoms with Crippen molar-refractivity contribution >= 4 is 6.29 Å². The van der Waals surface area contributed by atoms with Crippen molar-refractivity contribution < 1.29 is 14.3 Å². The van der Waals surface area contributed by atoms with Gasteiger partial charge in [0.25, 0.3) is 0 Å². The first kappa shape index (κ1) is 19.6. The minimum Gasteiger partial charge on any atom is -0.455 e. The van der Waals surface area contributed by atoms with Gasteiger partial charge >= 0.3 is 0 Å². The monoisotopic (exact) mass is 375 g/mol. The summed E-state index contributed by atoms with van der Waals surface area (Å²) in [5.74, 6) is 2.91. The highest BCUT2D eigenvalue weighted by Gasteiger charge is 2.13. The van der Waals surface area contributed by atoms with Crippen molar-refractivity contribution in [3.8, 4) is 23.0 Å². The molecular weight excluding hydrogens is 350 g/mol. The summed E-state index contributed by atoms with van der Waals surface area (Å²) in [5, 5.41) is 0. The van der Waals surface area contributed by atoms with E-state index in [1.807, 2.05) is 48.5 Å². The Bertz CT molecular complexity index is 857. The first-order chi connectivity index (χ1) is 13.5. The molecule has 0 radical (unpaired) electrons. The molecule has 3 aromatic rings. The highest BCUT2D eigenvalue weighted by atomic mass is 16.5. The Morgan fingerprint density at radius 1 is 0.714 bits per heavy atom. The molecule has 1 heterocycles.